The number of benzene rings is 1. The van der Waals surface area contributed by atoms with Crippen LogP contribution in [0.3, 0.4) is 0 Å². The molecule has 1 aromatic rings. The first-order valence-electron chi connectivity index (χ1n) is 6.64. The fourth-order valence-corrected chi connectivity index (χ4v) is 2.74. The number of nitrogens with one attached hydrogen (secondary N) is 1. The second kappa shape index (κ2) is 5.44. The predicted molar refractivity (Wildman–Crippen MR) is 81.6 cm³/mol. The van der Waals surface area contributed by atoms with Gasteiger partial charge in [-0.1, -0.05) is 11.6 Å². The normalized spacial score (nSPS) is 21.4. The summed E-state index contributed by atoms with van der Waals surface area (Å²) in [5.74, 6) is -0.379. The average Bonchev–Trinajstić information content (AvgIpc) is 2.83. The highest BCUT2D eigenvalue weighted by Crippen LogP contribution is 2.33. The highest BCUT2D eigenvalue weighted by atomic mass is 35.5. The van der Waals surface area contributed by atoms with E-state index in [1.807, 2.05) is 0 Å². The van der Waals surface area contributed by atoms with Gasteiger partial charge >= 0.3 is 6.09 Å². The first kappa shape index (κ1) is 15.4. The van der Waals surface area contributed by atoms with Crippen LogP contribution in [0.5, 0.6) is 0 Å². The Morgan fingerprint density at radius 3 is 2.76 bits per heavy atom. The highest BCUT2D eigenvalue weighted by Gasteiger charge is 2.46. The minimum Gasteiger partial charge on any atom is -0.465 e. The van der Waals surface area contributed by atoms with Crippen LogP contribution in [0.2, 0.25) is 5.02 Å². The molecule has 114 valence electrons. The van der Waals surface area contributed by atoms with E-state index in [9.17, 15) is 14.7 Å². The highest BCUT2D eigenvalue weighted by molar-refractivity contribution is 6.32. The van der Waals surface area contributed by atoms with Crippen molar-refractivity contribution in [2.75, 3.05) is 17.6 Å². The minimum absolute atomic E-state index is 0.356. The second-order valence-electron chi connectivity index (χ2n) is 5.40. The molecule has 7 heteroatoms. The van der Waals surface area contributed by atoms with E-state index in [4.69, 9.17) is 17.3 Å². The van der Waals surface area contributed by atoms with Crippen LogP contribution >= 0.6 is 11.6 Å². The largest absolute Gasteiger partial charge is 0.465 e. The fourth-order valence-electron chi connectivity index (χ4n) is 2.57. The zero-order chi connectivity index (χ0) is 15.8. The molecule has 1 heterocycles. The van der Waals surface area contributed by atoms with Crippen molar-refractivity contribution in [1.29, 1.82) is 0 Å². The summed E-state index contributed by atoms with van der Waals surface area (Å²) in [6, 6.07) is 3.26. The number of hydrogen-bond acceptors (Lipinski definition) is 3. The molecule has 0 radical (unpaired) electrons. The number of amides is 2. The van der Waals surface area contributed by atoms with Gasteiger partial charge in [0.15, 0.2) is 0 Å². The molecule has 1 unspecified atom stereocenters. The quantitative estimate of drug-likeness (QED) is 0.732. The second-order valence-corrected chi connectivity index (χ2v) is 5.81. The van der Waals surface area contributed by atoms with Crippen LogP contribution in [0.15, 0.2) is 12.1 Å². The molecule has 1 aliphatic rings. The lowest BCUT2D eigenvalue weighted by Gasteiger charge is -2.31. The number of carboxylic acid groups (broad SMARTS) is 1. The lowest BCUT2D eigenvalue weighted by Crippen LogP contribution is -2.52. The molecule has 0 spiro atoms. The molecule has 4 N–H and O–H groups in total. The Bertz CT molecular complexity index is 605. The maximum absolute atomic E-state index is 12.5. The smallest absolute Gasteiger partial charge is 0.408 e. The topological polar surface area (TPSA) is 95.7 Å². The standard InChI is InChI=1S/C14H18ClN3O3/c1-8-9(15)4-5-10(11(8)16)17-12(19)14(2)6-3-7-18(14)13(20)21/h4-5H,3,6-7,16H2,1-2H3,(H,17,19)(H,20,21). The molecule has 1 aliphatic heterocycles. The van der Waals surface area contributed by atoms with Gasteiger partial charge in [0.2, 0.25) is 5.91 Å². The molecule has 1 aromatic carbocycles. The van der Waals surface area contributed by atoms with Gasteiger partial charge in [0.25, 0.3) is 0 Å². The van der Waals surface area contributed by atoms with Gasteiger partial charge in [-0.3, -0.25) is 9.69 Å². The molecule has 2 amide bonds. The Labute approximate surface area is 127 Å². The van der Waals surface area contributed by atoms with Gasteiger partial charge in [-0.25, -0.2) is 4.79 Å². The number of nitrogens with two attached hydrogens (primary N) is 1. The van der Waals surface area contributed by atoms with Crippen LogP contribution in [0.25, 0.3) is 0 Å². The van der Waals surface area contributed by atoms with Gasteiger partial charge < -0.3 is 16.2 Å². The Balaban J connectivity index is 2.26. The van der Waals surface area contributed by atoms with Gasteiger partial charge in [0, 0.05) is 11.6 Å². The van der Waals surface area contributed by atoms with Crippen LogP contribution in [0.1, 0.15) is 25.3 Å². The van der Waals surface area contributed by atoms with Gasteiger partial charge in [-0.2, -0.15) is 0 Å². The van der Waals surface area contributed by atoms with E-state index in [0.717, 1.165) is 0 Å². The van der Waals surface area contributed by atoms with E-state index in [1.54, 1.807) is 26.0 Å². The van der Waals surface area contributed by atoms with E-state index < -0.39 is 11.6 Å². The molecular weight excluding hydrogens is 294 g/mol. The molecule has 21 heavy (non-hydrogen) atoms. The van der Waals surface area contributed by atoms with E-state index >= 15 is 0 Å². The van der Waals surface area contributed by atoms with Gasteiger partial charge in [0.05, 0.1) is 11.4 Å². The maximum Gasteiger partial charge on any atom is 0.408 e. The maximum atomic E-state index is 12.5. The number of likely N-dealkylation sites (tertiary alicyclic amines) is 1. The summed E-state index contributed by atoms with van der Waals surface area (Å²) in [5, 5.41) is 12.4. The lowest BCUT2D eigenvalue weighted by atomic mass is 9.97. The zero-order valence-corrected chi connectivity index (χ0v) is 12.7. The third-order valence-electron chi connectivity index (χ3n) is 4.06. The molecule has 6 nitrogen and oxygen atoms in total. The summed E-state index contributed by atoms with van der Waals surface area (Å²) in [6.45, 7) is 3.74. The number of nitrogens with zero attached hydrogens (tertiary/aromatic N) is 1. The summed E-state index contributed by atoms with van der Waals surface area (Å²) in [5.41, 5.74) is 6.38. The first-order valence-corrected chi connectivity index (χ1v) is 7.02. The Kier molecular flexibility index (Phi) is 4.00. The van der Waals surface area contributed by atoms with Gasteiger partial charge in [0.1, 0.15) is 5.54 Å². The molecule has 0 bridgehead atoms. The molecular formula is C14H18ClN3O3. The van der Waals surface area contributed by atoms with Crippen molar-refractivity contribution in [2.45, 2.75) is 32.2 Å². The van der Waals surface area contributed by atoms with E-state index in [-0.39, 0.29) is 5.91 Å². The summed E-state index contributed by atoms with van der Waals surface area (Å²) in [7, 11) is 0. The summed E-state index contributed by atoms with van der Waals surface area (Å²) in [4.78, 5) is 24.9. The minimum atomic E-state index is -1.09. The van der Waals surface area contributed by atoms with E-state index in [0.29, 0.717) is 41.3 Å². The number of anilines is 2. The lowest BCUT2D eigenvalue weighted by molar-refractivity contribution is -0.124. The molecule has 1 saturated heterocycles. The molecule has 2 rings (SSSR count). The van der Waals surface area contributed by atoms with Crippen molar-refractivity contribution in [3.63, 3.8) is 0 Å². The number of carbonyl (C=O) groups is 2. The third-order valence-corrected chi connectivity index (χ3v) is 4.47. The number of rotatable bonds is 2. The van der Waals surface area contributed by atoms with E-state index in [1.165, 1.54) is 4.90 Å². The monoisotopic (exact) mass is 311 g/mol. The molecule has 0 aromatic heterocycles. The number of carbonyl (C=O) groups excluding carboxylic acids is 1. The van der Waals surface area contributed by atoms with Gasteiger partial charge in [-0.15, -0.1) is 0 Å². The first-order chi connectivity index (χ1) is 9.77. The average molecular weight is 312 g/mol. The van der Waals surface area contributed by atoms with Crippen molar-refractivity contribution in [3.8, 4) is 0 Å². The van der Waals surface area contributed by atoms with Crippen LogP contribution in [-0.2, 0) is 4.79 Å². The van der Waals surface area contributed by atoms with Gasteiger partial charge in [-0.05, 0) is 44.4 Å². The Hall–Kier alpha value is -1.95. The molecule has 1 atom stereocenters. The number of hydrogen-bond donors (Lipinski definition) is 3. The molecule has 1 fully saturated rings. The Morgan fingerprint density at radius 2 is 2.14 bits per heavy atom. The van der Waals surface area contributed by atoms with Crippen molar-refractivity contribution in [1.82, 2.24) is 4.90 Å². The summed E-state index contributed by atoms with van der Waals surface area (Å²) >= 11 is 5.96. The van der Waals surface area contributed by atoms with Crippen molar-refractivity contribution < 1.29 is 14.7 Å². The summed E-state index contributed by atoms with van der Waals surface area (Å²) in [6.07, 6.45) is 0.0496. The molecule has 0 aliphatic carbocycles. The van der Waals surface area contributed by atoms with Crippen LogP contribution in [0, 0.1) is 6.92 Å². The van der Waals surface area contributed by atoms with Crippen molar-refractivity contribution in [3.05, 3.63) is 22.7 Å². The molecule has 0 saturated carbocycles. The van der Waals surface area contributed by atoms with Crippen molar-refractivity contribution in [2.24, 2.45) is 0 Å². The van der Waals surface area contributed by atoms with Crippen LogP contribution in [-0.4, -0.2) is 34.1 Å². The fraction of sp³-hybridized carbons (Fsp3) is 0.429. The van der Waals surface area contributed by atoms with Crippen LogP contribution in [0.4, 0.5) is 16.2 Å². The zero-order valence-electron chi connectivity index (χ0n) is 11.9. The predicted octanol–water partition coefficient (Wildman–Crippen LogP) is 2.70. The van der Waals surface area contributed by atoms with Crippen LogP contribution < -0.4 is 11.1 Å². The van der Waals surface area contributed by atoms with E-state index in [2.05, 4.69) is 5.32 Å². The number of halogens is 1. The van der Waals surface area contributed by atoms with Crippen molar-refractivity contribution >= 4 is 35.0 Å². The number of nitrogen functional groups attached to an aromatic ring is 1. The third kappa shape index (κ3) is 2.63. The Morgan fingerprint density at radius 1 is 1.48 bits per heavy atom. The SMILES string of the molecule is Cc1c(Cl)ccc(NC(=O)C2(C)CCCN2C(=O)O)c1N. The summed E-state index contributed by atoms with van der Waals surface area (Å²) < 4.78 is 0.